The topological polar surface area (TPSA) is 66.4 Å². The van der Waals surface area contributed by atoms with Crippen molar-refractivity contribution in [1.29, 1.82) is 0 Å². The molecular weight excluding hydrogens is 564 g/mol. The van der Waals surface area contributed by atoms with Crippen molar-refractivity contribution in [3.8, 4) is 23.0 Å². The minimum Gasteiger partial charge on any atom is -0.504 e. The SMILES string of the molecule is COCOc1cc(/C=C/c2cc(C/C=C(\C)CCC=C(C)C)c(O)c(OC)c2)cc(OCOC)c1C/C=C(\C)CCC=C(C)C. The Hall–Kier alpha value is -3.74. The highest BCUT2D eigenvalue weighted by molar-refractivity contribution is 5.73. The van der Waals surface area contributed by atoms with Gasteiger partial charge in [0.25, 0.3) is 0 Å². The number of aromatic hydroxyl groups is 1. The lowest BCUT2D eigenvalue weighted by atomic mass is 10.0. The molecule has 2 rings (SSSR count). The Morgan fingerprint density at radius 3 is 1.56 bits per heavy atom. The van der Waals surface area contributed by atoms with Gasteiger partial charge in [0.2, 0.25) is 0 Å². The van der Waals surface area contributed by atoms with Crippen LogP contribution in [-0.2, 0) is 22.3 Å². The van der Waals surface area contributed by atoms with Gasteiger partial charge in [0, 0.05) is 25.3 Å². The normalized spacial score (nSPS) is 11.9. The summed E-state index contributed by atoms with van der Waals surface area (Å²) in [5.74, 6) is 1.99. The van der Waals surface area contributed by atoms with Gasteiger partial charge in [-0.1, -0.05) is 58.7 Å². The summed E-state index contributed by atoms with van der Waals surface area (Å²) >= 11 is 0. The number of methoxy groups -OCH3 is 3. The second-order valence-corrected chi connectivity index (χ2v) is 11.8. The van der Waals surface area contributed by atoms with Crippen LogP contribution in [0.5, 0.6) is 23.0 Å². The fourth-order valence-electron chi connectivity index (χ4n) is 4.67. The van der Waals surface area contributed by atoms with Crippen molar-refractivity contribution in [2.45, 2.75) is 80.1 Å². The van der Waals surface area contributed by atoms with Gasteiger partial charge >= 0.3 is 0 Å². The van der Waals surface area contributed by atoms with Crippen LogP contribution >= 0.6 is 0 Å². The Kier molecular flexibility index (Phi) is 16.9. The minimum absolute atomic E-state index is 0.118. The van der Waals surface area contributed by atoms with E-state index < -0.39 is 0 Å². The Morgan fingerprint density at radius 2 is 1.09 bits per heavy atom. The lowest BCUT2D eigenvalue weighted by Crippen LogP contribution is -2.06. The maximum atomic E-state index is 10.8. The van der Waals surface area contributed by atoms with Crippen molar-refractivity contribution in [2.75, 3.05) is 34.9 Å². The zero-order valence-electron chi connectivity index (χ0n) is 28.9. The standard InChI is InChI=1S/C39H54O6/c1-28(2)12-10-14-30(5)16-20-34-22-32(25-38(43-9)39(34)40)18-19-33-23-36(44-26-41-7)35(37(24-33)45-27-42-8)21-17-31(6)15-11-13-29(3)4/h12-13,16-19,22-25,40H,10-11,14-15,20-21,26-27H2,1-9H3/b19-18+,30-16+,31-17+. The van der Waals surface area contributed by atoms with Crippen LogP contribution in [0, 0.1) is 0 Å². The summed E-state index contributed by atoms with van der Waals surface area (Å²) in [7, 11) is 4.78. The number of hydrogen-bond acceptors (Lipinski definition) is 6. The van der Waals surface area contributed by atoms with E-state index in [1.807, 2.05) is 36.4 Å². The molecule has 0 unspecified atom stereocenters. The molecule has 45 heavy (non-hydrogen) atoms. The van der Waals surface area contributed by atoms with Gasteiger partial charge < -0.3 is 28.8 Å². The van der Waals surface area contributed by atoms with Crippen LogP contribution < -0.4 is 14.2 Å². The summed E-state index contributed by atoms with van der Waals surface area (Å²) in [6.45, 7) is 13.0. The first-order chi connectivity index (χ1) is 21.6. The van der Waals surface area contributed by atoms with Crippen molar-refractivity contribution in [1.82, 2.24) is 0 Å². The van der Waals surface area contributed by atoms with E-state index in [1.54, 1.807) is 21.3 Å². The highest BCUT2D eigenvalue weighted by Crippen LogP contribution is 2.35. The molecule has 0 radical (unpaired) electrons. The van der Waals surface area contributed by atoms with Crippen LogP contribution in [0.25, 0.3) is 12.2 Å². The maximum Gasteiger partial charge on any atom is 0.188 e. The third-order valence-corrected chi connectivity index (χ3v) is 7.23. The number of phenolic OH excluding ortho intramolecular Hbond substituents is 1. The molecule has 0 spiro atoms. The lowest BCUT2D eigenvalue weighted by Gasteiger charge is -2.17. The molecule has 0 saturated carbocycles. The molecule has 2 aromatic rings. The summed E-state index contributed by atoms with van der Waals surface area (Å²) in [5.41, 5.74) is 8.80. The van der Waals surface area contributed by atoms with Gasteiger partial charge in [-0.25, -0.2) is 0 Å². The highest BCUT2D eigenvalue weighted by Gasteiger charge is 2.14. The van der Waals surface area contributed by atoms with Crippen LogP contribution in [0.2, 0.25) is 0 Å². The Morgan fingerprint density at radius 1 is 0.622 bits per heavy atom. The third kappa shape index (κ3) is 13.8. The van der Waals surface area contributed by atoms with E-state index in [-0.39, 0.29) is 19.3 Å². The molecule has 246 valence electrons. The first kappa shape index (κ1) is 37.4. The summed E-state index contributed by atoms with van der Waals surface area (Å²) in [4.78, 5) is 0. The summed E-state index contributed by atoms with van der Waals surface area (Å²) < 4.78 is 28.1. The largest absolute Gasteiger partial charge is 0.504 e. The quantitative estimate of drug-likeness (QED) is 0.0960. The van der Waals surface area contributed by atoms with Crippen molar-refractivity contribution in [2.24, 2.45) is 0 Å². The molecule has 0 aromatic heterocycles. The van der Waals surface area contributed by atoms with E-state index >= 15 is 0 Å². The number of rotatable bonds is 19. The average Bonchev–Trinajstić information content (AvgIpc) is 3.00. The van der Waals surface area contributed by atoms with Crippen molar-refractivity contribution in [3.63, 3.8) is 0 Å². The summed E-state index contributed by atoms with van der Waals surface area (Å²) in [6.07, 6.45) is 18.2. The van der Waals surface area contributed by atoms with Crippen LogP contribution in [0.3, 0.4) is 0 Å². The molecule has 0 atom stereocenters. The smallest absolute Gasteiger partial charge is 0.188 e. The first-order valence-electron chi connectivity index (χ1n) is 15.6. The van der Waals surface area contributed by atoms with Crippen molar-refractivity contribution < 1.29 is 28.8 Å². The van der Waals surface area contributed by atoms with E-state index in [4.69, 9.17) is 23.7 Å². The molecule has 0 bridgehead atoms. The molecule has 0 aliphatic rings. The molecule has 0 aliphatic heterocycles. The molecule has 0 amide bonds. The fraction of sp³-hybridized carbons (Fsp3) is 0.436. The Balaban J connectivity index is 2.42. The number of allylic oxidation sites excluding steroid dienone is 8. The van der Waals surface area contributed by atoms with Gasteiger partial charge in [-0.05, 0) is 115 Å². The predicted molar refractivity (Wildman–Crippen MR) is 187 cm³/mol. The fourth-order valence-corrected chi connectivity index (χ4v) is 4.67. The summed E-state index contributed by atoms with van der Waals surface area (Å²) in [6, 6.07) is 7.82. The molecule has 0 heterocycles. The molecule has 2 aromatic carbocycles. The molecule has 0 aliphatic carbocycles. The monoisotopic (exact) mass is 618 g/mol. The number of ether oxygens (including phenoxy) is 5. The predicted octanol–water partition coefficient (Wildman–Crippen LogP) is 10.0. The molecule has 6 nitrogen and oxygen atoms in total. The summed E-state index contributed by atoms with van der Waals surface area (Å²) in [5, 5.41) is 10.8. The van der Waals surface area contributed by atoms with Gasteiger partial charge in [-0.3, -0.25) is 0 Å². The Labute approximate surface area is 271 Å². The second-order valence-electron chi connectivity index (χ2n) is 11.8. The molecule has 0 saturated heterocycles. The molecular formula is C39H54O6. The van der Waals surface area contributed by atoms with Crippen molar-refractivity contribution in [3.05, 3.63) is 93.1 Å². The van der Waals surface area contributed by atoms with E-state index in [1.165, 1.54) is 22.3 Å². The van der Waals surface area contributed by atoms with Crippen LogP contribution in [0.15, 0.2) is 70.9 Å². The molecule has 0 fully saturated rings. The number of benzene rings is 2. The van der Waals surface area contributed by atoms with Crippen molar-refractivity contribution >= 4 is 12.2 Å². The first-order valence-corrected chi connectivity index (χ1v) is 15.6. The highest BCUT2D eigenvalue weighted by atomic mass is 16.7. The molecule has 1 N–H and O–H groups in total. The van der Waals surface area contributed by atoms with E-state index in [0.29, 0.717) is 30.1 Å². The maximum absolute atomic E-state index is 10.8. The van der Waals surface area contributed by atoms with Gasteiger partial charge in [-0.2, -0.15) is 0 Å². The third-order valence-electron chi connectivity index (χ3n) is 7.23. The van der Waals surface area contributed by atoms with Gasteiger partial charge in [-0.15, -0.1) is 0 Å². The Bertz CT molecular complexity index is 1340. The second kappa shape index (κ2) is 20.3. The van der Waals surface area contributed by atoms with Crippen LogP contribution in [-0.4, -0.2) is 40.0 Å². The minimum atomic E-state index is 0.118. The van der Waals surface area contributed by atoms with E-state index in [2.05, 4.69) is 65.8 Å². The lowest BCUT2D eigenvalue weighted by molar-refractivity contribution is 0.0448. The van der Waals surface area contributed by atoms with E-state index in [9.17, 15) is 5.11 Å². The van der Waals surface area contributed by atoms with E-state index in [0.717, 1.165) is 47.9 Å². The number of hydrogen-bond donors (Lipinski definition) is 1. The average molecular weight is 619 g/mol. The zero-order chi connectivity index (χ0) is 33.2. The van der Waals surface area contributed by atoms with Gasteiger partial charge in [0.1, 0.15) is 11.5 Å². The molecule has 6 heteroatoms. The van der Waals surface area contributed by atoms with Crippen LogP contribution in [0.1, 0.15) is 89.5 Å². The zero-order valence-corrected chi connectivity index (χ0v) is 28.9. The van der Waals surface area contributed by atoms with Gasteiger partial charge in [0.15, 0.2) is 25.1 Å². The number of phenols is 1. The van der Waals surface area contributed by atoms with Gasteiger partial charge in [0.05, 0.1) is 7.11 Å². The van der Waals surface area contributed by atoms with Crippen LogP contribution in [0.4, 0.5) is 0 Å².